The number of amides is 1. The van der Waals surface area contributed by atoms with Gasteiger partial charge >= 0.3 is 0 Å². The number of carbonyl (C=O) groups excluding carboxylic acids is 1. The van der Waals surface area contributed by atoms with Gasteiger partial charge < -0.3 is 4.90 Å². The normalized spacial score (nSPS) is 20.1. The Morgan fingerprint density at radius 3 is 3.33 bits per heavy atom. The van der Waals surface area contributed by atoms with Crippen molar-refractivity contribution in [3.63, 3.8) is 0 Å². The number of likely N-dealkylation sites (N-methyl/N-ethyl adjacent to an activating group) is 1. The Kier molecular flexibility index (Phi) is 2.16. The molecule has 1 aliphatic rings. The largest absolute Gasteiger partial charge is 0.341 e. The average Bonchev–Trinajstić information content (AvgIpc) is 1.99. The Hall–Kier alpha value is -0.440. The van der Waals surface area contributed by atoms with Crippen LogP contribution in [-0.4, -0.2) is 30.2 Å². The zero-order valence-electron chi connectivity index (χ0n) is 5.33. The lowest BCUT2D eigenvalue weighted by molar-refractivity contribution is -0.126. The summed E-state index contributed by atoms with van der Waals surface area (Å²) >= 11 is 1.56. The number of hydrogen-bond acceptors (Lipinski definition) is 2. The Morgan fingerprint density at radius 2 is 2.56 bits per heavy atom. The van der Waals surface area contributed by atoms with Gasteiger partial charge in [-0.05, 0) is 5.41 Å². The van der Waals surface area contributed by atoms with Gasteiger partial charge in [-0.3, -0.25) is 4.79 Å². The monoisotopic (exact) mass is 143 g/mol. The summed E-state index contributed by atoms with van der Waals surface area (Å²) in [6.07, 6.45) is 2.00. The second-order valence-corrected chi connectivity index (χ2v) is 2.85. The molecular formula is C6H9NOS. The van der Waals surface area contributed by atoms with Crippen LogP contribution in [0.5, 0.6) is 0 Å². The standard InChI is InChI=1S/C6H9NOS/c1-7-3-2-4-9-5-6(7)8/h2,4H,3,5H2,1H3. The number of hydrogen-bond donors (Lipinski definition) is 0. The van der Waals surface area contributed by atoms with Gasteiger partial charge in [-0.15, -0.1) is 11.8 Å². The molecule has 9 heavy (non-hydrogen) atoms. The molecule has 50 valence electrons. The molecule has 3 heteroatoms. The third-order valence-electron chi connectivity index (χ3n) is 1.20. The van der Waals surface area contributed by atoms with Crippen LogP contribution in [0, 0.1) is 0 Å². The van der Waals surface area contributed by atoms with Crippen LogP contribution in [0.2, 0.25) is 0 Å². The fraction of sp³-hybridized carbons (Fsp3) is 0.500. The van der Waals surface area contributed by atoms with Crippen LogP contribution >= 0.6 is 11.8 Å². The zero-order valence-corrected chi connectivity index (χ0v) is 6.15. The first-order valence-corrected chi connectivity index (χ1v) is 3.86. The molecule has 1 rings (SSSR count). The molecule has 0 aromatic rings. The summed E-state index contributed by atoms with van der Waals surface area (Å²) in [7, 11) is 1.82. The molecule has 1 heterocycles. The maximum Gasteiger partial charge on any atom is 0.232 e. The SMILES string of the molecule is CN1CC=CSCC1=O. The highest BCUT2D eigenvalue weighted by molar-refractivity contribution is 8.02. The molecule has 0 aromatic carbocycles. The quantitative estimate of drug-likeness (QED) is 0.497. The zero-order chi connectivity index (χ0) is 6.69. The maximum absolute atomic E-state index is 10.9. The molecular weight excluding hydrogens is 134 g/mol. The van der Waals surface area contributed by atoms with Crippen molar-refractivity contribution in [2.24, 2.45) is 0 Å². The molecule has 0 spiro atoms. The summed E-state index contributed by atoms with van der Waals surface area (Å²) in [6.45, 7) is 0.756. The molecule has 0 atom stereocenters. The number of nitrogens with zero attached hydrogens (tertiary/aromatic N) is 1. The van der Waals surface area contributed by atoms with E-state index in [1.807, 2.05) is 18.5 Å². The lowest BCUT2D eigenvalue weighted by atomic mass is 10.5. The summed E-state index contributed by atoms with van der Waals surface area (Å²) in [5.41, 5.74) is 0. The molecule has 0 bridgehead atoms. The lowest BCUT2D eigenvalue weighted by Crippen LogP contribution is -2.26. The highest BCUT2D eigenvalue weighted by Crippen LogP contribution is 2.07. The molecule has 0 aromatic heterocycles. The predicted octanol–water partition coefficient (Wildman–Crippen LogP) is 0.705. The van der Waals surface area contributed by atoms with Crippen molar-refractivity contribution in [3.05, 3.63) is 11.5 Å². The molecule has 0 N–H and O–H groups in total. The molecule has 0 radical (unpaired) electrons. The van der Waals surface area contributed by atoms with Gasteiger partial charge in [-0.1, -0.05) is 6.08 Å². The third-order valence-corrected chi connectivity index (χ3v) is 2.00. The molecule has 1 amide bonds. The second kappa shape index (κ2) is 2.92. The summed E-state index contributed by atoms with van der Waals surface area (Å²) < 4.78 is 0. The summed E-state index contributed by atoms with van der Waals surface area (Å²) in [5.74, 6) is 0.803. The van der Waals surface area contributed by atoms with Crippen LogP contribution in [0.3, 0.4) is 0 Å². The molecule has 0 unspecified atom stereocenters. The first kappa shape index (κ1) is 6.68. The van der Waals surface area contributed by atoms with Gasteiger partial charge in [-0.25, -0.2) is 0 Å². The molecule has 0 aliphatic carbocycles. The van der Waals surface area contributed by atoms with Crippen LogP contribution in [0.1, 0.15) is 0 Å². The van der Waals surface area contributed by atoms with E-state index in [1.54, 1.807) is 16.7 Å². The lowest BCUT2D eigenvalue weighted by Gasteiger charge is -2.10. The van der Waals surface area contributed by atoms with Crippen molar-refractivity contribution in [1.82, 2.24) is 4.90 Å². The van der Waals surface area contributed by atoms with Crippen LogP contribution in [0.15, 0.2) is 11.5 Å². The smallest absolute Gasteiger partial charge is 0.232 e. The van der Waals surface area contributed by atoms with E-state index in [-0.39, 0.29) is 5.91 Å². The van der Waals surface area contributed by atoms with Crippen molar-refractivity contribution in [2.75, 3.05) is 19.3 Å². The third kappa shape index (κ3) is 1.75. The van der Waals surface area contributed by atoms with E-state index in [9.17, 15) is 4.79 Å². The van der Waals surface area contributed by atoms with Gasteiger partial charge in [0.25, 0.3) is 0 Å². The molecule has 0 saturated heterocycles. The van der Waals surface area contributed by atoms with Crippen LogP contribution in [0.4, 0.5) is 0 Å². The van der Waals surface area contributed by atoms with Crippen molar-refractivity contribution in [3.8, 4) is 0 Å². The van der Waals surface area contributed by atoms with Crippen molar-refractivity contribution in [1.29, 1.82) is 0 Å². The summed E-state index contributed by atoms with van der Waals surface area (Å²) in [6, 6.07) is 0. The van der Waals surface area contributed by atoms with Crippen molar-refractivity contribution < 1.29 is 4.79 Å². The Bertz CT molecular complexity index is 144. The van der Waals surface area contributed by atoms with E-state index >= 15 is 0 Å². The van der Waals surface area contributed by atoms with Gasteiger partial charge in [0.2, 0.25) is 5.91 Å². The number of carbonyl (C=O) groups is 1. The van der Waals surface area contributed by atoms with Crippen LogP contribution < -0.4 is 0 Å². The van der Waals surface area contributed by atoms with Crippen LogP contribution in [0.25, 0.3) is 0 Å². The minimum Gasteiger partial charge on any atom is -0.341 e. The van der Waals surface area contributed by atoms with Gasteiger partial charge in [0, 0.05) is 13.6 Å². The van der Waals surface area contributed by atoms with E-state index in [1.165, 1.54) is 0 Å². The minimum absolute atomic E-state index is 0.213. The fourth-order valence-electron chi connectivity index (χ4n) is 0.601. The summed E-state index contributed by atoms with van der Waals surface area (Å²) in [5, 5.41) is 1.97. The number of thioether (sulfide) groups is 1. The number of rotatable bonds is 0. The van der Waals surface area contributed by atoms with Crippen molar-refractivity contribution >= 4 is 17.7 Å². The first-order chi connectivity index (χ1) is 4.30. The topological polar surface area (TPSA) is 20.3 Å². The molecule has 2 nitrogen and oxygen atoms in total. The summed E-state index contributed by atoms with van der Waals surface area (Å²) in [4.78, 5) is 12.6. The van der Waals surface area contributed by atoms with E-state index in [2.05, 4.69) is 0 Å². The maximum atomic E-state index is 10.9. The molecule has 1 aliphatic heterocycles. The highest BCUT2D eigenvalue weighted by atomic mass is 32.2. The van der Waals surface area contributed by atoms with Crippen LogP contribution in [-0.2, 0) is 4.79 Å². The fourth-order valence-corrected chi connectivity index (χ4v) is 1.28. The van der Waals surface area contributed by atoms with E-state index in [0.29, 0.717) is 5.75 Å². The van der Waals surface area contributed by atoms with Crippen molar-refractivity contribution in [2.45, 2.75) is 0 Å². The Labute approximate surface area is 58.9 Å². The van der Waals surface area contributed by atoms with E-state index < -0.39 is 0 Å². The average molecular weight is 143 g/mol. The highest BCUT2D eigenvalue weighted by Gasteiger charge is 2.07. The van der Waals surface area contributed by atoms with Gasteiger partial charge in [0.1, 0.15) is 0 Å². The van der Waals surface area contributed by atoms with E-state index in [4.69, 9.17) is 0 Å². The van der Waals surface area contributed by atoms with Gasteiger partial charge in [0.05, 0.1) is 5.75 Å². The predicted molar refractivity (Wildman–Crippen MR) is 39.2 cm³/mol. The molecule has 0 saturated carbocycles. The Balaban J connectivity index is 2.52. The van der Waals surface area contributed by atoms with E-state index in [0.717, 1.165) is 6.54 Å². The Morgan fingerprint density at radius 1 is 1.78 bits per heavy atom. The minimum atomic E-state index is 0.213. The first-order valence-electron chi connectivity index (χ1n) is 2.81. The van der Waals surface area contributed by atoms with Gasteiger partial charge in [0.15, 0.2) is 0 Å². The molecule has 0 fully saturated rings. The van der Waals surface area contributed by atoms with Gasteiger partial charge in [-0.2, -0.15) is 0 Å². The second-order valence-electron chi connectivity index (χ2n) is 1.96.